The van der Waals surface area contributed by atoms with E-state index in [2.05, 4.69) is 16.0 Å². The van der Waals surface area contributed by atoms with Crippen LogP contribution in [0.4, 0.5) is 11.4 Å². The molecule has 0 aliphatic carbocycles. The fourth-order valence-corrected chi connectivity index (χ4v) is 1.83. The molecule has 0 bridgehead atoms. The molecule has 19 heavy (non-hydrogen) atoms. The van der Waals surface area contributed by atoms with Gasteiger partial charge in [-0.15, -0.1) is 0 Å². The zero-order chi connectivity index (χ0) is 13.8. The third-order valence-corrected chi connectivity index (χ3v) is 3.64. The lowest BCUT2D eigenvalue weighted by atomic mass is 10.3. The maximum Gasteiger partial charge on any atom is 0.100 e. The number of hydrogen-bond donors (Lipinski definition) is 0. The Kier molecular flexibility index (Phi) is 4.87. The Bertz CT molecular complexity index is 621. The first kappa shape index (κ1) is 14.4. The van der Waals surface area contributed by atoms with E-state index in [1.807, 2.05) is 0 Å². The van der Waals surface area contributed by atoms with Crippen molar-refractivity contribution in [3.05, 3.63) is 56.5 Å². The molecule has 0 saturated carbocycles. The molecule has 6 heteroatoms. The molecule has 0 aromatic heterocycles. The summed E-state index contributed by atoms with van der Waals surface area (Å²) in [4.78, 5) is 8.04. The zero-order valence-electron chi connectivity index (χ0n) is 9.37. The molecule has 0 N–H and O–H groups in total. The third kappa shape index (κ3) is 3.97. The molecular formula is C13H6Cl4N2. The van der Waals surface area contributed by atoms with Crippen LogP contribution in [0.3, 0.4) is 0 Å². The fraction of sp³-hybridized carbons (Fsp3) is 0. The summed E-state index contributed by atoms with van der Waals surface area (Å²) < 4.78 is 0. The summed E-state index contributed by atoms with van der Waals surface area (Å²) in [5, 5.41) is 1.81. The van der Waals surface area contributed by atoms with Crippen molar-refractivity contribution in [1.29, 1.82) is 0 Å². The maximum absolute atomic E-state index is 5.87. The molecule has 0 radical (unpaired) electrons. The van der Waals surface area contributed by atoms with E-state index in [1.165, 1.54) is 0 Å². The maximum atomic E-state index is 5.87. The summed E-state index contributed by atoms with van der Waals surface area (Å²) in [6, 6.07) is 12.6. The fourth-order valence-electron chi connectivity index (χ4n) is 1.25. The molecule has 0 saturated heterocycles. The van der Waals surface area contributed by atoms with Crippen LogP contribution in [0.25, 0.3) is 0 Å². The number of aliphatic imine (C=N–C) groups is 2. The van der Waals surface area contributed by atoms with Crippen molar-refractivity contribution in [3.63, 3.8) is 0 Å². The second-order valence-corrected chi connectivity index (χ2v) is 5.15. The largest absolute Gasteiger partial charge is 0.187 e. The van der Waals surface area contributed by atoms with Crippen LogP contribution in [0.15, 0.2) is 46.4 Å². The molecule has 2 nitrogen and oxygen atoms in total. The molecule has 0 atom stereocenters. The second kappa shape index (κ2) is 6.42. The van der Waals surface area contributed by atoms with Gasteiger partial charge in [-0.2, -0.15) is 9.98 Å². The molecule has 0 spiro atoms. The van der Waals surface area contributed by atoms with Gasteiger partial charge in [0.1, 0.15) is 6.01 Å². The number of benzene rings is 2. The van der Waals surface area contributed by atoms with Gasteiger partial charge in [-0.1, -0.05) is 46.4 Å². The van der Waals surface area contributed by atoms with E-state index in [-0.39, 0.29) is 0 Å². The molecule has 0 unspecified atom stereocenters. The van der Waals surface area contributed by atoms with Crippen molar-refractivity contribution in [2.75, 3.05) is 0 Å². The number of rotatable bonds is 2. The molecular weight excluding hydrogens is 326 g/mol. The van der Waals surface area contributed by atoms with Crippen LogP contribution in [0.5, 0.6) is 0 Å². The van der Waals surface area contributed by atoms with Gasteiger partial charge in [0, 0.05) is 0 Å². The summed E-state index contributed by atoms with van der Waals surface area (Å²) in [5.41, 5.74) is 1.22. The van der Waals surface area contributed by atoms with Crippen molar-refractivity contribution in [2.24, 2.45) is 9.98 Å². The van der Waals surface area contributed by atoms with Crippen molar-refractivity contribution in [3.8, 4) is 0 Å². The van der Waals surface area contributed by atoms with Crippen LogP contribution in [-0.4, -0.2) is 6.01 Å². The van der Waals surface area contributed by atoms with Crippen LogP contribution in [-0.2, 0) is 0 Å². The van der Waals surface area contributed by atoms with E-state index in [9.17, 15) is 0 Å². The lowest BCUT2D eigenvalue weighted by molar-refractivity contribution is 1.49. The van der Waals surface area contributed by atoms with E-state index in [1.54, 1.807) is 36.4 Å². The first-order valence-electron chi connectivity index (χ1n) is 5.13. The van der Waals surface area contributed by atoms with E-state index in [0.29, 0.717) is 31.5 Å². The molecule has 0 amide bonds. The molecule has 96 valence electrons. The van der Waals surface area contributed by atoms with E-state index >= 15 is 0 Å². The van der Waals surface area contributed by atoms with Crippen LogP contribution < -0.4 is 0 Å². The Morgan fingerprint density at radius 2 is 1.05 bits per heavy atom. The number of hydrogen-bond acceptors (Lipinski definition) is 2. The Balaban J connectivity index is 2.23. The van der Waals surface area contributed by atoms with Crippen LogP contribution in [0.2, 0.25) is 20.1 Å². The summed E-state index contributed by atoms with van der Waals surface area (Å²) in [6.07, 6.45) is 0. The van der Waals surface area contributed by atoms with Crippen molar-refractivity contribution < 1.29 is 0 Å². The number of nitrogens with zero attached hydrogens (tertiary/aromatic N) is 2. The monoisotopic (exact) mass is 330 g/mol. The second-order valence-electron chi connectivity index (χ2n) is 3.52. The highest BCUT2D eigenvalue weighted by atomic mass is 35.5. The topological polar surface area (TPSA) is 24.7 Å². The highest BCUT2D eigenvalue weighted by molar-refractivity contribution is 6.42. The van der Waals surface area contributed by atoms with Crippen molar-refractivity contribution >= 4 is 63.8 Å². The van der Waals surface area contributed by atoms with Gasteiger partial charge in [0.25, 0.3) is 0 Å². The normalized spacial score (nSPS) is 9.89. The Hall–Kier alpha value is -1.02. The molecule has 2 aromatic rings. The quantitative estimate of drug-likeness (QED) is 0.566. The van der Waals surface area contributed by atoms with E-state index in [0.717, 1.165) is 0 Å². The highest BCUT2D eigenvalue weighted by Gasteiger charge is 1.98. The first-order valence-corrected chi connectivity index (χ1v) is 6.64. The van der Waals surface area contributed by atoms with Gasteiger partial charge >= 0.3 is 0 Å². The predicted molar refractivity (Wildman–Crippen MR) is 82.1 cm³/mol. The Labute approximate surface area is 130 Å². The lowest BCUT2D eigenvalue weighted by Crippen LogP contribution is -1.70. The summed E-state index contributed by atoms with van der Waals surface area (Å²) in [6.45, 7) is 0. The summed E-state index contributed by atoms with van der Waals surface area (Å²) in [7, 11) is 0. The number of halogens is 4. The van der Waals surface area contributed by atoms with E-state index in [4.69, 9.17) is 46.4 Å². The predicted octanol–water partition coefficient (Wildman–Crippen LogP) is 6.44. The van der Waals surface area contributed by atoms with Gasteiger partial charge in [0.15, 0.2) is 0 Å². The molecule has 0 aliphatic heterocycles. The third-order valence-electron chi connectivity index (χ3n) is 2.16. The van der Waals surface area contributed by atoms with Crippen LogP contribution in [0.1, 0.15) is 0 Å². The highest BCUT2D eigenvalue weighted by Crippen LogP contribution is 2.27. The van der Waals surface area contributed by atoms with Gasteiger partial charge in [0.05, 0.1) is 31.5 Å². The molecule has 0 aliphatic rings. The van der Waals surface area contributed by atoms with Gasteiger partial charge in [-0.25, -0.2) is 0 Å². The van der Waals surface area contributed by atoms with Crippen LogP contribution >= 0.6 is 46.4 Å². The molecule has 2 aromatic carbocycles. The summed E-state index contributed by atoms with van der Waals surface area (Å²) >= 11 is 23.3. The van der Waals surface area contributed by atoms with Gasteiger partial charge < -0.3 is 0 Å². The smallest absolute Gasteiger partial charge is 0.100 e. The zero-order valence-corrected chi connectivity index (χ0v) is 12.4. The first-order chi connectivity index (χ1) is 9.06. The Morgan fingerprint density at radius 1 is 0.632 bits per heavy atom. The van der Waals surface area contributed by atoms with Gasteiger partial charge in [-0.05, 0) is 36.4 Å². The van der Waals surface area contributed by atoms with Gasteiger partial charge in [0.2, 0.25) is 0 Å². The standard InChI is InChI=1S/C13H6Cl4N2/c14-10-3-1-8(5-12(10)16)18-7-19-9-2-4-11(15)13(17)6-9/h1-6H. The van der Waals surface area contributed by atoms with E-state index < -0.39 is 0 Å². The minimum absolute atomic E-state index is 0.430. The average Bonchev–Trinajstić information content (AvgIpc) is 2.38. The summed E-state index contributed by atoms with van der Waals surface area (Å²) in [5.74, 6) is 0. The lowest BCUT2D eigenvalue weighted by Gasteiger charge is -1.96. The van der Waals surface area contributed by atoms with Gasteiger partial charge in [-0.3, -0.25) is 0 Å². The Morgan fingerprint density at radius 3 is 1.42 bits per heavy atom. The SMILES string of the molecule is Clc1ccc(N=C=Nc2ccc(Cl)c(Cl)c2)cc1Cl. The molecule has 0 heterocycles. The average molecular weight is 332 g/mol. The minimum Gasteiger partial charge on any atom is -0.187 e. The van der Waals surface area contributed by atoms with Crippen molar-refractivity contribution in [2.45, 2.75) is 0 Å². The van der Waals surface area contributed by atoms with Crippen LogP contribution in [0, 0.1) is 0 Å². The minimum atomic E-state index is 0.430. The molecule has 2 rings (SSSR count). The molecule has 0 fully saturated rings. The van der Waals surface area contributed by atoms with Crippen molar-refractivity contribution in [1.82, 2.24) is 0 Å².